The van der Waals surface area contributed by atoms with Crippen LogP contribution in [-0.2, 0) is 10.0 Å². The standard InChI is InChI=1S/C13H8I2N2O2S/c14-10-3-1-2-4-12(10)20(18,19)17-11-8-16-6-5-9(11)7-13(17)15/h1-8H. The van der Waals surface area contributed by atoms with Crippen LogP contribution in [0.15, 0.2) is 53.7 Å². The second-order valence-corrected chi connectivity index (χ2v) is 8.12. The van der Waals surface area contributed by atoms with E-state index in [4.69, 9.17) is 0 Å². The van der Waals surface area contributed by atoms with Crippen LogP contribution in [-0.4, -0.2) is 17.4 Å². The Balaban J connectivity index is 2.36. The molecule has 2 heterocycles. The quantitative estimate of drug-likeness (QED) is 0.497. The zero-order valence-corrected chi connectivity index (χ0v) is 15.1. The molecule has 20 heavy (non-hydrogen) atoms. The Hall–Kier alpha value is -0.680. The molecule has 0 bridgehead atoms. The smallest absolute Gasteiger partial charge is 0.262 e. The minimum atomic E-state index is -3.62. The molecule has 4 nitrogen and oxygen atoms in total. The van der Waals surface area contributed by atoms with E-state index in [1.165, 1.54) is 3.97 Å². The van der Waals surface area contributed by atoms with Gasteiger partial charge >= 0.3 is 0 Å². The first-order valence-corrected chi connectivity index (χ1v) is 9.22. The van der Waals surface area contributed by atoms with Crippen molar-refractivity contribution < 1.29 is 8.42 Å². The van der Waals surface area contributed by atoms with Crippen molar-refractivity contribution in [1.29, 1.82) is 0 Å². The molecule has 0 saturated carbocycles. The lowest BCUT2D eigenvalue weighted by Crippen LogP contribution is -2.15. The van der Waals surface area contributed by atoms with E-state index in [0.29, 0.717) is 17.7 Å². The topological polar surface area (TPSA) is 52.0 Å². The number of benzene rings is 1. The fourth-order valence-corrected chi connectivity index (χ4v) is 6.04. The predicted octanol–water partition coefficient (Wildman–Crippen LogP) is 3.48. The first-order valence-electron chi connectivity index (χ1n) is 5.63. The van der Waals surface area contributed by atoms with Crippen molar-refractivity contribution in [3.05, 3.63) is 56.1 Å². The van der Waals surface area contributed by atoms with Gasteiger partial charge in [0.05, 0.1) is 15.4 Å². The highest BCUT2D eigenvalue weighted by Gasteiger charge is 2.24. The van der Waals surface area contributed by atoms with Crippen molar-refractivity contribution in [2.75, 3.05) is 0 Å². The summed E-state index contributed by atoms with van der Waals surface area (Å²) in [6.45, 7) is 0. The van der Waals surface area contributed by atoms with Gasteiger partial charge in [0.15, 0.2) is 0 Å². The molecule has 102 valence electrons. The van der Waals surface area contributed by atoms with Crippen molar-refractivity contribution >= 4 is 66.1 Å². The molecule has 0 fully saturated rings. The molecule has 3 rings (SSSR count). The van der Waals surface area contributed by atoms with Crippen LogP contribution in [0, 0.1) is 7.27 Å². The van der Waals surface area contributed by atoms with Crippen molar-refractivity contribution in [3.63, 3.8) is 0 Å². The summed E-state index contributed by atoms with van der Waals surface area (Å²) in [7, 11) is -3.62. The van der Waals surface area contributed by atoms with Crippen LogP contribution in [0.4, 0.5) is 0 Å². The van der Waals surface area contributed by atoms with Gasteiger partial charge in [-0.3, -0.25) is 4.98 Å². The van der Waals surface area contributed by atoms with Gasteiger partial charge in [0.2, 0.25) is 0 Å². The molecule has 0 radical (unpaired) electrons. The summed E-state index contributed by atoms with van der Waals surface area (Å²) in [6.07, 6.45) is 3.23. The minimum Gasteiger partial charge on any atom is -0.262 e. The maximum atomic E-state index is 12.9. The van der Waals surface area contributed by atoms with Gasteiger partial charge in [-0.1, -0.05) is 12.1 Å². The molecule has 2 aromatic heterocycles. The van der Waals surface area contributed by atoms with Gasteiger partial charge < -0.3 is 0 Å². The van der Waals surface area contributed by atoms with Gasteiger partial charge in [-0.05, 0) is 69.4 Å². The summed E-state index contributed by atoms with van der Waals surface area (Å²) in [5.74, 6) is 0. The van der Waals surface area contributed by atoms with E-state index < -0.39 is 10.0 Å². The minimum absolute atomic E-state index is 0.305. The number of rotatable bonds is 2. The van der Waals surface area contributed by atoms with Gasteiger partial charge in [0.25, 0.3) is 10.0 Å². The lowest BCUT2D eigenvalue weighted by atomic mass is 10.3. The van der Waals surface area contributed by atoms with E-state index in [-0.39, 0.29) is 0 Å². The summed E-state index contributed by atoms with van der Waals surface area (Å²) >= 11 is 4.07. The molecule has 1 aromatic carbocycles. The van der Waals surface area contributed by atoms with E-state index in [2.05, 4.69) is 4.98 Å². The Labute approximate surface area is 143 Å². The molecule has 0 spiro atoms. The average molecular weight is 510 g/mol. The highest BCUT2D eigenvalue weighted by Crippen LogP contribution is 2.28. The van der Waals surface area contributed by atoms with Crippen LogP contribution in [0.25, 0.3) is 10.9 Å². The summed E-state index contributed by atoms with van der Waals surface area (Å²) in [6, 6.07) is 10.6. The fraction of sp³-hybridized carbons (Fsp3) is 0. The molecule has 0 unspecified atom stereocenters. The fourth-order valence-electron chi connectivity index (χ4n) is 1.99. The molecule has 0 saturated heterocycles. The molecule has 0 aliphatic carbocycles. The molecule has 0 amide bonds. The van der Waals surface area contributed by atoms with Gasteiger partial charge in [-0.15, -0.1) is 0 Å². The third-order valence-corrected chi connectivity index (χ3v) is 7.09. The van der Waals surface area contributed by atoms with E-state index in [9.17, 15) is 8.42 Å². The normalized spacial score (nSPS) is 11.9. The molecular weight excluding hydrogens is 502 g/mol. The van der Waals surface area contributed by atoms with Crippen LogP contribution >= 0.6 is 45.2 Å². The lowest BCUT2D eigenvalue weighted by Gasteiger charge is -2.10. The van der Waals surface area contributed by atoms with E-state index in [1.54, 1.807) is 36.7 Å². The number of fused-ring (bicyclic) bond motifs is 1. The van der Waals surface area contributed by atoms with Crippen molar-refractivity contribution in [2.24, 2.45) is 0 Å². The summed E-state index contributed by atoms with van der Waals surface area (Å²) < 4.78 is 28.4. The van der Waals surface area contributed by atoms with Crippen LogP contribution in [0.3, 0.4) is 0 Å². The van der Waals surface area contributed by atoms with Crippen LogP contribution in [0.1, 0.15) is 0 Å². The first kappa shape index (κ1) is 14.3. The third kappa shape index (κ3) is 2.25. The Morgan fingerprint density at radius 1 is 1.10 bits per heavy atom. The third-order valence-electron chi connectivity index (χ3n) is 2.88. The average Bonchev–Trinajstić information content (AvgIpc) is 2.75. The van der Waals surface area contributed by atoms with Crippen molar-refractivity contribution in [3.8, 4) is 0 Å². The second kappa shape index (κ2) is 5.26. The highest BCUT2D eigenvalue weighted by molar-refractivity contribution is 14.1. The number of hydrogen-bond donors (Lipinski definition) is 0. The maximum Gasteiger partial charge on any atom is 0.270 e. The SMILES string of the molecule is O=S(=O)(c1ccccc1I)n1c(I)cc2ccncc21. The number of pyridine rings is 1. The Bertz CT molecular complexity index is 904. The monoisotopic (exact) mass is 510 g/mol. The lowest BCUT2D eigenvalue weighted by molar-refractivity contribution is 0.587. The zero-order valence-electron chi connectivity index (χ0n) is 9.99. The second-order valence-electron chi connectivity index (χ2n) is 4.10. The molecule has 0 aliphatic rings. The molecule has 0 atom stereocenters. The van der Waals surface area contributed by atoms with Gasteiger partial charge in [-0.2, -0.15) is 0 Å². The zero-order chi connectivity index (χ0) is 14.3. The molecule has 3 aromatic rings. The van der Waals surface area contributed by atoms with Crippen LogP contribution in [0.2, 0.25) is 0 Å². The molecule has 0 N–H and O–H groups in total. The van der Waals surface area contributed by atoms with Crippen molar-refractivity contribution in [1.82, 2.24) is 8.96 Å². The van der Waals surface area contributed by atoms with E-state index in [0.717, 1.165) is 5.39 Å². The first-order chi connectivity index (χ1) is 9.51. The van der Waals surface area contributed by atoms with Crippen molar-refractivity contribution in [2.45, 2.75) is 4.90 Å². The Morgan fingerprint density at radius 2 is 1.85 bits per heavy atom. The summed E-state index contributed by atoms with van der Waals surface area (Å²) in [5, 5.41) is 0.860. The predicted molar refractivity (Wildman–Crippen MR) is 94.2 cm³/mol. The van der Waals surface area contributed by atoms with Gasteiger partial charge in [-0.25, -0.2) is 12.4 Å². The largest absolute Gasteiger partial charge is 0.270 e. The molecule has 7 heteroatoms. The number of nitrogens with zero attached hydrogens (tertiary/aromatic N) is 2. The number of aromatic nitrogens is 2. The van der Waals surface area contributed by atoms with Gasteiger partial charge in [0.1, 0.15) is 4.90 Å². The van der Waals surface area contributed by atoms with E-state index >= 15 is 0 Å². The highest BCUT2D eigenvalue weighted by atomic mass is 127. The summed E-state index contributed by atoms with van der Waals surface area (Å²) in [4.78, 5) is 4.33. The van der Waals surface area contributed by atoms with Gasteiger partial charge in [0, 0.05) is 15.2 Å². The Kier molecular flexibility index (Phi) is 3.75. The van der Waals surface area contributed by atoms with E-state index in [1.807, 2.05) is 57.3 Å². The van der Waals surface area contributed by atoms with Crippen LogP contribution in [0.5, 0.6) is 0 Å². The number of halogens is 2. The molecule has 0 aliphatic heterocycles. The molecular formula is C13H8I2N2O2S. The summed E-state index contributed by atoms with van der Waals surface area (Å²) in [5.41, 5.74) is 0.594. The number of hydrogen-bond acceptors (Lipinski definition) is 3. The van der Waals surface area contributed by atoms with Crippen LogP contribution < -0.4 is 0 Å². The Morgan fingerprint density at radius 3 is 2.60 bits per heavy atom. The maximum absolute atomic E-state index is 12.9.